The van der Waals surface area contributed by atoms with Crippen LogP contribution in [0, 0.1) is 0 Å². The Morgan fingerprint density at radius 2 is 1.93 bits per heavy atom. The number of hydrogen-bond acceptors (Lipinski definition) is 5. The Bertz CT molecular complexity index is 1540. The number of rotatable bonds is 5. The number of anilines is 2. The van der Waals surface area contributed by atoms with Crippen LogP contribution in [0.2, 0.25) is 5.02 Å². The van der Waals surface area contributed by atoms with Crippen molar-refractivity contribution in [1.82, 2.24) is 5.32 Å². The second-order valence-electron chi connectivity index (χ2n) is 10.1. The van der Waals surface area contributed by atoms with Gasteiger partial charge in [0.15, 0.2) is 0 Å². The molecule has 0 fully saturated rings. The van der Waals surface area contributed by atoms with Gasteiger partial charge in [-0.15, -0.1) is 0 Å². The van der Waals surface area contributed by atoms with E-state index in [9.17, 15) is 18.4 Å². The van der Waals surface area contributed by atoms with Crippen LogP contribution in [-0.4, -0.2) is 31.8 Å². The second kappa shape index (κ2) is 13.1. The van der Waals surface area contributed by atoms with Gasteiger partial charge in [-0.05, 0) is 54.3 Å². The van der Waals surface area contributed by atoms with Crippen LogP contribution in [0.5, 0.6) is 5.75 Å². The maximum atomic E-state index is 13.0. The van der Waals surface area contributed by atoms with Crippen molar-refractivity contribution in [1.29, 1.82) is 0 Å². The van der Waals surface area contributed by atoms with E-state index >= 15 is 0 Å². The fourth-order valence-electron chi connectivity index (χ4n) is 5.34. The number of methoxy groups -OCH3 is 1. The molecule has 2 bridgehead atoms. The third-order valence-electron chi connectivity index (χ3n) is 7.34. The van der Waals surface area contributed by atoms with Gasteiger partial charge in [-0.25, -0.2) is 4.79 Å². The van der Waals surface area contributed by atoms with E-state index in [1.165, 1.54) is 19.2 Å². The zero-order valence-corrected chi connectivity index (χ0v) is 23.6. The minimum atomic E-state index is -2.95. The van der Waals surface area contributed by atoms with Crippen LogP contribution in [0.25, 0.3) is 16.7 Å². The van der Waals surface area contributed by atoms with Crippen molar-refractivity contribution in [3.8, 4) is 16.9 Å². The third-order valence-corrected chi connectivity index (χ3v) is 7.57. The minimum Gasteiger partial charge on any atom is -0.453 e. The summed E-state index contributed by atoms with van der Waals surface area (Å²) < 4.78 is 35.4. The van der Waals surface area contributed by atoms with E-state index in [0.717, 1.165) is 29.5 Å². The average molecular weight is 594 g/mol. The zero-order chi connectivity index (χ0) is 29.6. The average Bonchev–Trinajstić information content (AvgIpc) is 2.98. The Labute approximate surface area is 247 Å². The normalized spacial score (nSPS) is 18.4. The number of nitrogens with one attached hydrogen (secondary N) is 3. The molecule has 7 nitrogen and oxygen atoms in total. The third kappa shape index (κ3) is 6.91. The highest BCUT2D eigenvalue weighted by atomic mass is 35.5. The molecule has 3 aromatic rings. The molecular weight excluding hydrogens is 564 g/mol. The van der Waals surface area contributed by atoms with Crippen LogP contribution in [0.4, 0.5) is 25.0 Å². The van der Waals surface area contributed by atoms with Crippen molar-refractivity contribution in [2.75, 3.05) is 17.7 Å². The molecule has 0 saturated carbocycles. The molecule has 2 atom stereocenters. The van der Waals surface area contributed by atoms with Gasteiger partial charge in [-0.2, -0.15) is 8.78 Å². The smallest absolute Gasteiger partial charge is 0.411 e. The number of ether oxygens (including phenoxy) is 2. The molecule has 3 aromatic carbocycles. The highest BCUT2D eigenvalue weighted by Crippen LogP contribution is 2.37. The predicted octanol–water partition coefficient (Wildman–Crippen LogP) is 7.95. The van der Waals surface area contributed by atoms with Gasteiger partial charge in [0, 0.05) is 45.9 Å². The van der Waals surface area contributed by atoms with Gasteiger partial charge in [0.2, 0.25) is 5.91 Å². The van der Waals surface area contributed by atoms with E-state index < -0.39 is 12.7 Å². The molecule has 42 heavy (non-hydrogen) atoms. The monoisotopic (exact) mass is 593 g/mol. The number of allylic oxidation sites excluding steroid dienone is 2. The Morgan fingerprint density at radius 1 is 1.07 bits per heavy atom. The van der Waals surface area contributed by atoms with Gasteiger partial charge in [0.1, 0.15) is 5.75 Å². The Morgan fingerprint density at radius 3 is 2.69 bits per heavy atom. The standard InChI is InChI=1S/C32H30ClF2N3O4/c1-41-32(40)37-23-11-12-25-20-6-4-5-19(15-20)24(7-2-3-8-30(39)38-28(25)17-23)27-13-9-21(18-36-27)26-16-22(33)10-14-29(26)42-31(34)35/h4-6,9-18,24,27,31,36H,2-3,7-8H2,1H3,(H,37,40)(H,38,39). The highest BCUT2D eigenvalue weighted by molar-refractivity contribution is 6.30. The predicted molar refractivity (Wildman–Crippen MR) is 160 cm³/mol. The number of fused-ring (bicyclic) bond motifs is 4. The molecule has 0 spiro atoms. The number of carbonyl (C=O) groups is 2. The lowest BCUT2D eigenvalue weighted by molar-refractivity contribution is -0.116. The largest absolute Gasteiger partial charge is 0.453 e. The van der Waals surface area contributed by atoms with Crippen LogP contribution in [0.1, 0.15) is 42.7 Å². The lowest BCUT2D eigenvalue weighted by atomic mass is 9.83. The summed E-state index contributed by atoms with van der Waals surface area (Å²) in [7, 11) is 1.29. The quantitative estimate of drug-likeness (QED) is 0.279. The number of benzene rings is 3. The summed E-state index contributed by atoms with van der Waals surface area (Å²) in [6.45, 7) is -2.95. The molecule has 2 amide bonds. The number of hydrogen-bond donors (Lipinski definition) is 3. The maximum absolute atomic E-state index is 13.0. The first-order valence-electron chi connectivity index (χ1n) is 13.6. The van der Waals surface area contributed by atoms with Gasteiger partial charge in [0.25, 0.3) is 0 Å². The Kier molecular flexibility index (Phi) is 9.07. The van der Waals surface area contributed by atoms with Gasteiger partial charge in [-0.3, -0.25) is 10.1 Å². The number of carbonyl (C=O) groups excluding carboxylic acids is 2. The van der Waals surface area contributed by atoms with Crippen molar-refractivity contribution >= 4 is 40.5 Å². The minimum absolute atomic E-state index is 0.0474. The molecule has 0 saturated heterocycles. The molecule has 10 heteroatoms. The molecule has 0 radical (unpaired) electrons. The Hall–Kier alpha value is -4.37. The highest BCUT2D eigenvalue weighted by Gasteiger charge is 2.25. The lowest BCUT2D eigenvalue weighted by Gasteiger charge is -2.29. The van der Waals surface area contributed by atoms with Crippen molar-refractivity contribution in [2.45, 2.75) is 44.3 Å². The van der Waals surface area contributed by atoms with E-state index in [4.69, 9.17) is 21.1 Å². The van der Waals surface area contributed by atoms with Crippen LogP contribution in [-0.2, 0) is 9.53 Å². The van der Waals surface area contributed by atoms with E-state index in [2.05, 4.69) is 28.1 Å². The molecule has 2 unspecified atom stereocenters. The van der Waals surface area contributed by atoms with E-state index in [-0.39, 0.29) is 23.6 Å². The van der Waals surface area contributed by atoms with Crippen LogP contribution >= 0.6 is 11.6 Å². The van der Waals surface area contributed by atoms with Crippen LogP contribution in [0.15, 0.2) is 79.0 Å². The van der Waals surface area contributed by atoms with E-state index in [0.29, 0.717) is 40.4 Å². The fraction of sp³-hybridized carbons (Fsp3) is 0.250. The molecular formula is C32H30ClF2N3O4. The topological polar surface area (TPSA) is 88.7 Å². The van der Waals surface area contributed by atoms with Crippen LogP contribution in [0.3, 0.4) is 0 Å². The summed E-state index contributed by atoms with van der Waals surface area (Å²) in [5.41, 5.74) is 5.09. The number of dihydropyridines is 1. The molecule has 0 aliphatic carbocycles. The maximum Gasteiger partial charge on any atom is 0.411 e. The number of alkyl halides is 2. The van der Waals surface area contributed by atoms with Gasteiger partial charge >= 0.3 is 12.7 Å². The lowest BCUT2D eigenvalue weighted by Crippen LogP contribution is -2.31. The second-order valence-corrected chi connectivity index (χ2v) is 10.5. The first-order valence-corrected chi connectivity index (χ1v) is 14.0. The zero-order valence-electron chi connectivity index (χ0n) is 22.8. The first kappa shape index (κ1) is 29.1. The summed E-state index contributed by atoms with van der Waals surface area (Å²) in [4.78, 5) is 24.6. The first-order chi connectivity index (χ1) is 20.3. The summed E-state index contributed by atoms with van der Waals surface area (Å²) in [5, 5.41) is 9.51. The molecule has 218 valence electrons. The molecule has 2 aliphatic heterocycles. The van der Waals surface area contributed by atoms with Gasteiger partial charge in [-0.1, -0.05) is 60.5 Å². The van der Waals surface area contributed by atoms with E-state index in [1.807, 2.05) is 30.4 Å². The van der Waals surface area contributed by atoms with Crippen molar-refractivity contribution < 1.29 is 27.8 Å². The summed E-state index contributed by atoms with van der Waals surface area (Å²) in [6, 6.07) is 18.0. The summed E-state index contributed by atoms with van der Waals surface area (Å²) >= 11 is 6.16. The molecule has 0 aromatic heterocycles. The van der Waals surface area contributed by atoms with Crippen LogP contribution < -0.4 is 20.7 Å². The molecule has 5 rings (SSSR count). The molecule has 2 aliphatic rings. The fourth-order valence-corrected chi connectivity index (χ4v) is 5.51. The molecule has 2 heterocycles. The number of amides is 2. The summed E-state index contributed by atoms with van der Waals surface area (Å²) in [5.74, 6) is 0.0128. The van der Waals surface area contributed by atoms with Gasteiger partial charge in [0.05, 0.1) is 18.8 Å². The SMILES string of the molecule is COC(=O)Nc1ccc2c(c1)NC(=O)CCCCC(C1C=CC(c3cc(Cl)ccc3OC(F)F)=CN1)c1cccc-2c1. The van der Waals surface area contributed by atoms with Crippen molar-refractivity contribution in [3.05, 3.63) is 95.2 Å². The number of halogens is 3. The van der Waals surface area contributed by atoms with Crippen molar-refractivity contribution in [2.24, 2.45) is 0 Å². The van der Waals surface area contributed by atoms with Crippen molar-refractivity contribution in [3.63, 3.8) is 0 Å². The Balaban J connectivity index is 1.45. The summed E-state index contributed by atoms with van der Waals surface area (Å²) in [6.07, 6.45) is 7.82. The molecule has 3 N–H and O–H groups in total. The van der Waals surface area contributed by atoms with E-state index in [1.54, 1.807) is 24.4 Å². The van der Waals surface area contributed by atoms with Gasteiger partial charge < -0.3 is 20.1 Å².